The molecule has 19 heteroatoms. The number of ether oxygens (including phenoxy) is 7. The number of hydrogen-bond donors (Lipinski definition) is 4. The van der Waals surface area contributed by atoms with E-state index in [1.165, 1.54) is 17.1 Å². The lowest BCUT2D eigenvalue weighted by Crippen LogP contribution is -2.54. The van der Waals surface area contributed by atoms with Crippen molar-refractivity contribution >= 4 is 41.3 Å². The van der Waals surface area contributed by atoms with Crippen LogP contribution in [0.1, 0.15) is 52.0 Å². The SMILES string of the molecule is CCCCC(NC(=O)[C@@H](NC(=O)CCOCCOCCOCCOCCOCCOCCN1C(=O)C=CC1=O)C(C)C)C(=O)Nc1ccc(COC(=O)N(C)CCNC)cc1. The van der Waals surface area contributed by atoms with Crippen LogP contribution < -0.4 is 21.3 Å². The number of nitrogens with zero attached hydrogens (tertiary/aromatic N) is 2. The Morgan fingerprint density at radius 3 is 1.75 bits per heavy atom. The van der Waals surface area contributed by atoms with E-state index in [4.69, 9.17) is 33.2 Å². The van der Waals surface area contributed by atoms with Gasteiger partial charge < -0.3 is 59.3 Å². The molecule has 6 amide bonds. The quantitative estimate of drug-likeness (QED) is 0.0563. The molecule has 61 heavy (non-hydrogen) atoms. The number of hydrogen-bond acceptors (Lipinski definition) is 14. The Morgan fingerprint density at radius 2 is 1.25 bits per heavy atom. The molecular formula is C42H68N6O13. The number of imide groups is 1. The van der Waals surface area contributed by atoms with Crippen LogP contribution in [0.3, 0.4) is 0 Å². The van der Waals surface area contributed by atoms with Crippen molar-refractivity contribution in [2.24, 2.45) is 5.92 Å². The fourth-order valence-corrected chi connectivity index (χ4v) is 5.43. The zero-order valence-corrected chi connectivity index (χ0v) is 36.5. The summed E-state index contributed by atoms with van der Waals surface area (Å²) in [5.74, 6) is -2.07. The van der Waals surface area contributed by atoms with E-state index in [2.05, 4.69) is 21.3 Å². The summed E-state index contributed by atoms with van der Waals surface area (Å²) in [6.45, 7) is 11.2. The second kappa shape index (κ2) is 32.2. The lowest BCUT2D eigenvalue weighted by Gasteiger charge is -2.25. The molecule has 0 saturated heterocycles. The number of amides is 6. The van der Waals surface area contributed by atoms with Crippen molar-refractivity contribution in [3.8, 4) is 0 Å². The van der Waals surface area contributed by atoms with Crippen molar-refractivity contribution in [2.75, 3.05) is 118 Å². The Kier molecular flexibility index (Phi) is 27.8. The van der Waals surface area contributed by atoms with Gasteiger partial charge >= 0.3 is 6.09 Å². The minimum absolute atomic E-state index is 0.0453. The average Bonchev–Trinajstić information content (AvgIpc) is 3.57. The van der Waals surface area contributed by atoms with Crippen LogP contribution in [0.2, 0.25) is 0 Å². The molecule has 4 N–H and O–H groups in total. The molecule has 0 bridgehead atoms. The standard InChI is InChI=1S/C42H68N6O13/c1-6-7-8-35(40(52)44-34-11-9-33(10-12-34)31-61-42(54)47(5)17-16-43-4)45-41(53)39(32(2)3)46-36(49)15-19-55-21-23-57-25-27-59-29-30-60-28-26-58-24-22-56-20-18-48-37(50)13-14-38(48)51/h9-14,32,35,39,43H,6-8,15-31H2,1-5H3,(H,44,52)(H,45,53)(H,46,49)/t35?,39-/m0/s1. The molecule has 1 aromatic carbocycles. The van der Waals surface area contributed by atoms with Gasteiger partial charge in [0.1, 0.15) is 18.7 Å². The third-order valence-corrected chi connectivity index (χ3v) is 9.03. The Hall–Kier alpha value is -4.50. The van der Waals surface area contributed by atoms with Crippen LogP contribution in [0, 0.1) is 5.92 Å². The minimum Gasteiger partial charge on any atom is -0.445 e. The molecule has 1 unspecified atom stereocenters. The molecule has 0 aromatic heterocycles. The van der Waals surface area contributed by atoms with Crippen molar-refractivity contribution in [1.29, 1.82) is 0 Å². The Bertz CT molecular complexity index is 1460. The molecule has 0 saturated carbocycles. The maximum absolute atomic E-state index is 13.4. The molecule has 1 aromatic rings. The summed E-state index contributed by atoms with van der Waals surface area (Å²) in [7, 11) is 3.47. The van der Waals surface area contributed by atoms with Crippen molar-refractivity contribution < 1.29 is 61.9 Å². The molecule has 0 fully saturated rings. The third-order valence-electron chi connectivity index (χ3n) is 9.03. The van der Waals surface area contributed by atoms with E-state index in [1.807, 2.05) is 20.8 Å². The molecule has 19 nitrogen and oxygen atoms in total. The summed E-state index contributed by atoms with van der Waals surface area (Å²) in [6, 6.07) is 5.26. The number of unbranched alkanes of at least 4 members (excludes halogenated alkanes) is 1. The lowest BCUT2D eigenvalue weighted by atomic mass is 10.0. The summed E-state index contributed by atoms with van der Waals surface area (Å²) >= 11 is 0. The predicted octanol–water partition coefficient (Wildman–Crippen LogP) is 1.64. The van der Waals surface area contributed by atoms with Crippen LogP contribution in [0.5, 0.6) is 0 Å². The maximum Gasteiger partial charge on any atom is 0.409 e. The first kappa shape index (κ1) is 52.6. The van der Waals surface area contributed by atoms with Crippen molar-refractivity contribution in [1.82, 2.24) is 25.8 Å². The minimum atomic E-state index is -0.852. The van der Waals surface area contributed by atoms with Gasteiger partial charge in [-0.1, -0.05) is 45.7 Å². The van der Waals surface area contributed by atoms with Gasteiger partial charge in [0.05, 0.1) is 85.8 Å². The van der Waals surface area contributed by atoms with Gasteiger partial charge in [0.2, 0.25) is 17.7 Å². The molecule has 0 radical (unpaired) electrons. The van der Waals surface area contributed by atoms with Crippen LogP contribution >= 0.6 is 0 Å². The van der Waals surface area contributed by atoms with Crippen LogP contribution in [0.15, 0.2) is 36.4 Å². The predicted molar refractivity (Wildman–Crippen MR) is 225 cm³/mol. The van der Waals surface area contributed by atoms with Gasteiger partial charge in [-0.05, 0) is 37.1 Å². The van der Waals surface area contributed by atoms with Gasteiger partial charge in [0.15, 0.2) is 0 Å². The average molecular weight is 865 g/mol. The number of carbonyl (C=O) groups is 6. The number of nitrogens with one attached hydrogen (secondary N) is 4. The number of likely N-dealkylation sites (N-methyl/N-ethyl adjacent to an activating group) is 2. The van der Waals surface area contributed by atoms with Crippen LogP contribution in [-0.2, 0) is 63.7 Å². The van der Waals surface area contributed by atoms with Gasteiger partial charge in [0, 0.05) is 44.4 Å². The smallest absolute Gasteiger partial charge is 0.409 e. The van der Waals surface area contributed by atoms with Crippen molar-refractivity contribution in [2.45, 2.75) is 65.1 Å². The van der Waals surface area contributed by atoms with E-state index in [1.54, 1.807) is 38.4 Å². The number of rotatable bonds is 35. The normalized spacial score (nSPS) is 13.4. The van der Waals surface area contributed by atoms with Crippen LogP contribution in [-0.4, -0.2) is 171 Å². The summed E-state index contributed by atoms with van der Waals surface area (Å²) in [5.41, 5.74) is 1.28. The monoisotopic (exact) mass is 864 g/mol. The highest BCUT2D eigenvalue weighted by molar-refractivity contribution is 6.12. The van der Waals surface area contributed by atoms with Gasteiger partial charge in [-0.2, -0.15) is 0 Å². The van der Waals surface area contributed by atoms with Gasteiger partial charge in [-0.15, -0.1) is 0 Å². The molecule has 1 aliphatic rings. The zero-order valence-electron chi connectivity index (χ0n) is 36.5. The molecule has 1 aliphatic heterocycles. The molecule has 344 valence electrons. The van der Waals surface area contributed by atoms with E-state index in [9.17, 15) is 28.8 Å². The van der Waals surface area contributed by atoms with E-state index >= 15 is 0 Å². The largest absolute Gasteiger partial charge is 0.445 e. The molecule has 1 heterocycles. The van der Waals surface area contributed by atoms with Crippen molar-refractivity contribution in [3.63, 3.8) is 0 Å². The summed E-state index contributed by atoms with van der Waals surface area (Å²) < 4.78 is 38.1. The highest BCUT2D eigenvalue weighted by Crippen LogP contribution is 2.14. The Morgan fingerprint density at radius 1 is 0.721 bits per heavy atom. The molecule has 0 spiro atoms. The number of carbonyl (C=O) groups excluding carboxylic acids is 6. The second-order valence-corrected chi connectivity index (χ2v) is 14.3. The van der Waals surface area contributed by atoms with Crippen LogP contribution in [0.4, 0.5) is 10.5 Å². The third kappa shape index (κ3) is 23.3. The highest BCUT2D eigenvalue weighted by atomic mass is 16.6. The topological polar surface area (TPSA) is 222 Å². The van der Waals surface area contributed by atoms with E-state index in [-0.39, 0.29) is 68.9 Å². The molecule has 2 rings (SSSR count). The van der Waals surface area contributed by atoms with E-state index < -0.39 is 24.1 Å². The molecule has 2 atom stereocenters. The zero-order chi connectivity index (χ0) is 44.7. The van der Waals surface area contributed by atoms with Crippen LogP contribution in [0.25, 0.3) is 0 Å². The number of anilines is 1. The summed E-state index contributed by atoms with van der Waals surface area (Å²) in [4.78, 5) is 77.1. The fraction of sp³-hybridized carbons (Fsp3) is 0.667. The first-order valence-corrected chi connectivity index (χ1v) is 21.0. The highest BCUT2D eigenvalue weighted by Gasteiger charge is 2.29. The van der Waals surface area contributed by atoms with Gasteiger partial charge in [0.25, 0.3) is 11.8 Å². The number of benzene rings is 1. The first-order chi connectivity index (χ1) is 29.5. The van der Waals surface area contributed by atoms with E-state index in [0.717, 1.165) is 16.9 Å². The summed E-state index contributed by atoms with van der Waals surface area (Å²) in [6.07, 6.45) is 4.05. The lowest BCUT2D eigenvalue weighted by molar-refractivity contribution is -0.137. The molecular weight excluding hydrogens is 796 g/mol. The second-order valence-electron chi connectivity index (χ2n) is 14.3. The van der Waals surface area contributed by atoms with E-state index in [0.29, 0.717) is 91.1 Å². The van der Waals surface area contributed by atoms with Crippen molar-refractivity contribution in [3.05, 3.63) is 42.0 Å². The first-order valence-electron chi connectivity index (χ1n) is 21.0. The van der Waals surface area contributed by atoms with Gasteiger partial charge in [-0.25, -0.2) is 4.79 Å². The Labute approximate surface area is 359 Å². The fourth-order valence-electron chi connectivity index (χ4n) is 5.43. The molecule has 0 aliphatic carbocycles. The Balaban J connectivity index is 1.54. The van der Waals surface area contributed by atoms with Gasteiger partial charge in [-0.3, -0.25) is 28.9 Å². The maximum atomic E-state index is 13.4. The summed E-state index contributed by atoms with van der Waals surface area (Å²) in [5, 5.41) is 11.5.